The maximum Gasteiger partial charge on any atom is 0.417 e. The fourth-order valence-corrected chi connectivity index (χ4v) is 3.20. The van der Waals surface area contributed by atoms with Crippen LogP contribution in [0, 0.1) is 0 Å². The van der Waals surface area contributed by atoms with E-state index in [2.05, 4.69) is 10.3 Å². The minimum absolute atomic E-state index is 0.0732. The smallest absolute Gasteiger partial charge is 0.383 e. The van der Waals surface area contributed by atoms with Gasteiger partial charge in [0, 0.05) is 12.8 Å². The number of rotatable bonds is 7. The normalized spacial score (nSPS) is 12.6. The van der Waals surface area contributed by atoms with Crippen molar-refractivity contribution >= 4 is 5.91 Å². The van der Waals surface area contributed by atoms with Crippen molar-refractivity contribution in [2.75, 3.05) is 13.7 Å². The van der Waals surface area contributed by atoms with Crippen molar-refractivity contribution in [3.63, 3.8) is 0 Å². The second-order valence-corrected chi connectivity index (χ2v) is 6.78. The summed E-state index contributed by atoms with van der Waals surface area (Å²) in [6.07, 6.45) is -0.896. The van der Waals surface area contributed by atoms with Gasteiger partial charge in [-0.25, -0.2) is 4.98 Å². The highest BCUT2D eigenvalue weighted by molar-refractivity contribution is 5.93. The molecule has 30 heavy (non-hydrogen) atoms. The number of aromatic nitrogens is 2. The summed E-state index contributed by atoms with van der Waals surface area (Å²) in [7, 11) is 1.56. The van der Waals surface area contributed by atoms with Crippen molar-refractivity contribution in [1.82, 2.24) is 14.9 Å². The number of carbonyl (C=O) groups excluding carboxylic acids is 1. The molecule has 0 spiro atoms. The molecule has 0 saturated heterocycles. The molecule has 3 aromatic rings. The van der Waals surface area contributed by atoms with Gasteiger partial charge in [0.2, 0.25) is 0 Å². The first-order valence-electron chi connectivity index (χ1n) is 9.44. The molecular formula is C22H22F3N3O2. The summed E-state index contributed by atoms with van der Waals surface area (Å²) in [5.41, 5.74) is 0.573. The number of amides is 1. The quantitative estimate of drug-likeness (QED) is 0.606. The van der Waals surface area contributed by atoms with Gasteiger partial charge in [-0.15, -0.1) is 0 Å². The van der Waals surface area contributed by atoms with Crippen molar-refractivity contribution < 1.29 is 22.7 Å². The number of methoxy groups -OCH3 is 1. The first-order valence-corrected chi connectivity index (χ1v) is 9.44. The van der Waals surface area contributed by atoms with E-state index in [9.17, 15) is 18.0 Å². The Bertz CT molecular complexity index is 1010. The monoisotopic (exact) mass is 417 g/mol. The van der Waals surface area contributed by atoms with Gasteiger partial charge in [-0.3, -0.25) is 9.36 Å². The molecule has 0 bridgehead atoms. The number of hydrogen-bond donors (Lipinski definition) is 1. The Labute approximate surface area is 172 Å². The summed E-state index contributed by atoms with van der Waals surface area (Å²) in [6.45, 7) is 2.31. The number of hydrogen-bond acceptors (Lipinski definition) is 3. The number of imidazole rings is 1. The zero-order chi connectivity index (χ0) is 21.7. The van der Waals surface area contributed by atoms with Crippen LogP contribution < -0.4 is 5.32 Å². The molecule has 3 rings (SSSR count). The van der Waals surface area contributed by atoms with Crippen LogP contribution in [-0.2, 0) is 10.9 Å². The Hall–Kier alpha value is -3.13. The van der Waals surface area contributed by atoms with Crippen LogP contribution in [0.5, 0.6) is 0 Å². The van der Waals surface area contributed by atoms with Gasteiger partial charge in [0.05, 0.1) is 30.7 Å². The molecule has 0 fully saturated rings. The summed E-state index contributed by atoms with van der Waals surface area (Å²) in [5, 5.41) is 2.88. The van der Waals surface area contributed by atoms with Crippen LogP contribution in [0.3, 0.4) is 0 Å². The predicted molar refractivity (Wildman–Crippen MR) is 107 cm³/mol. The Balaban J connectivity index is 1.96. The van der Waals surface area contributed by atoms with E-state index in [-0.39, 0.29) is 23.2 Å². The number of carbonyl (C=O) groups is 1. The first kappa shape index (κ1) is 21.6. The largest absolute Gasteiger partial charge is 0.417 e. The summed E-state index contributed by atoms with van der Waals surface area (Å²) >= 11 is 0. The van der Waals surface area contributed by atoms with Crippen molar-refractivity contribution in [3.8, 4) is 16.8 Å². The Morgan fingerprint density at radius 3 is 2.67 bits per heavy atom. The molecule has 0 radical (unpaired) electrons. The van der Waals surface area contributed by atoms with Gasteiger partial charge in [-0.2, -0.15) is 13.2 Å². The zero-order valence-electron chi connectivity index (χ0n) is 16.6. The summed E-state index contributed by atoms with van der Waals surface area (Å²) in [6, 6.07) is 11.8. The molecule has 0 aliphatic rings. The molecule has 1 heterocycles. The van der Waals surface area contributed by atoms with Gasteiger partial charge in [-0.1, -0.05) is 37.3 Å². The summed E-state index contributed by atoms with van der Waals surface area (Å²) < 4.78 is 46.9. The van der Waals surface area contributed by atoms with Gasteiger partial charge in [0.25, 0.3) is 5.91 Å². The van der Waals surface area contributed by atoms with E-state index in [1.807, 2.05) is 6.92 Å². The Morgan fingerprint density at radius 1 is 1.20 bits per heavy atom. The van der Waals surface area contributed by atoms with Crippen LogP contribution in [0.2, 0.25) is 0 Å². The predicted octanol–water partition coefficient (Wildman–Crippen LogP) is 4.71. The summed E-state index contributed by atoms with van der Waals surface area (Å²) in [5.74, 6) is -0.336. The standard InChI is InChI=1S/C22H22F3N3O2/c1-3-16(13-30-2)27-21(29)20-12-26-14-28(20)17-8-6-7-15(11-17)18-9-4-5-10-19(18)22(23,24)25/h4-12,14,16H,3,13H2,1-2H3,(H,27,29). The minimum Gasteiger partial charge on any atom is -0.383 e. The lowest BCUT2D eigenvalue weighted by atomic mass is 9.99. The molecular weight excluding hydrogens is 395 g/mol. The van der Waals surface area contributed by atoms with E-state index in [0.717, 1.165) is 6.07 Å². The third-order valence-electron chi connectivity index (χ3n) is 4.73. The van der Waals surface area contributed by atoms with E-state index in [0.29, 0.717) is 24.3 Å². The van der Waals surface area contributed by atoms with Crippen LogP contribution in [0.25, 0.3) is 16.8 Å². The molecule has 8 heteroatoms. The molecule has 5 nitrogen and oxygen atoms in total. The second-order valence-electron chi connectivity index (χ2n) is 6.78. The van der Waals surface area contributed by atoms with E-state index in [1.165, 1.54) is 24.7 Å². The van der Waals surface area contributed by atoms with Crippen molar-refractivity contribution in [2.45, 2.75) is 25.6 Å². The Kier molecular flexibility index (Phi) is 6.56. The average molecular weight is 417 g/mol. The van der Waals surface area contributed by atoms with E-state index >= 15 is 0 Å². The van der Waals surface area contributed by atoms with E-state index < -0.39 is 11.7 Å². The van der Waals surface area contributed by atoms with Gasteiger partial charge < -0.3 is 10.1 Å². The molecule has 1 N–H and O–H groups in total. The number of alkyl halides is 3. The average Bonchev–Trinajstić information content (AvgIpc) is 3.23. The molecule has 1 atom stereocenters. The maximum atomic E-state index is 13.4. The number of nitrogens with one attached hydrogen (secondary N) is 1. The Morgan fingerprint density at radius 2 is 1.97 bits per heavy atom. The van der Waals surface area contributed by atoms with E-state index in [1.54, 1.807) is 42.0 Å². The van der Waals surface area contributed by atoms with Crippen molar-refractivity contribution in [3.05, 3.63) is 72.3 Å². The van der Waals surface area contributed by atoms with Crippen molar-refractivity contribution in [1.29, 1.82) is 0 Å². The topological polar surface area (TPSA) is 56.1 Å². The molecule has 2 aromatic carbocycles. The maximum absolute atomic E-state index is 13.4. The fourth-order valence-electron chi connectivity index (χ4n) is 3.20. The highest BCUT2D eigenvalue weighted by Gasteiger charge is 2.33. The fraction of sp³-hybridized carbons (Fsp3) is 0.273. The van der Waals surface area contributed by atoms with Crippen molar-refractivity contribution in [2.24, 2.45) is 0 Å². The zero-order valence-corrected chi connectivity index (χ0v) is 16.6. The van der Waals surface area contributed by atoms with E-state index in [4.69, 9.17) is 4.74 Å². The molecule has 1 unspecified atom stereocenters. The lowest BCUT2D eigenvalue weighted by Crippen LogP contribution is -2.38. The van der Waals surface area contributed by atoms with Crippen LogP contribution in [0.15, 0.2) is 61.1 Å². The molecule has 0 aliphatic heterocycles. The van der Waals surface area contributed by atoms with Crippen LogP contribution in [-0.4, -0.2) is 35.2 Å². The number of nitrogens with zero attached hydrogens (tertiary/aromatic N) is 2. The minimum atomic E-state index is -4.47. The van der Waals surface area contributed by atoms with Gasteiger partial charge in [0.1, 0.15) is 5.69 Å². The third-order valence-corrected chi connectivity index (χ3v) is 4.73. The molecule has 1 amide bonds. The molecule has 158 valence electrons. The second kappa shape index (κ2) is 9.13. The lowest BCUT2D eigenvalue weighted by molar-refractivity contribution is -0.137. The SMILES string of the molecule is CCC(COC)NC(=O)c1cncn1-c1cccc(-c2ccccc2C(F)(F)F)c1. The molecule has 1 aromatic heterocycles. The lowest BCUT2D eigenvalue weighted by Gasteiger charge is -2.17. The van der Waals surface area contributed by atoms with Gasteiger partial charge in [-0.05, 0) is 35.7 Å². The highest BCUT2D eigenvalue weighted by atomic mass is 19.4. The summed E-state index contributed by atoms with van der Waals surface area (Å²) in [4.78, 5) is 16.8. The van der Waals surface area contributed by atoms with Gasteiger partial charge >= 0.3 is 6.18 Å². The first-order chi connectivity index (χ1) is 14.3. The number of halogens is 3. The molecule has 0 saturated carbocycles. The molecule has 0 aliphatic carbocycles. The number of benzene rings is 2. The third kappa shape index (κ3) is 4.71. The van der Waals surface area contributed by atoms with Crippen LogP contribution in [0.1, 0.15) is 29.4 Å². The number of ether oxygens (including phenoxy) is 1. The van der Waals surface area contributed by atoms with Crippen LogP contribution >= 0.6 is 0 Å². The highest BCUT2D eigenvalue weighted by Crippen LogP contribution is 2.37. The van der Waals surface area contributed by atoms with Crippen LogP contribution in [0.4, 0.5) is 13.2 Å². The van der Waals surface area contributed by atoms with Gasteiger partial charge in [0.15, 0.2) is 0 Å².